The van der Waals surface area contributed by atoms with E-state index in [-0.39, 0.29) is 5.91 Å². The van der Waals surface area contributed by atoms with Crippen molar-refractivity contribution in [3.05, 3.63) is 44.9 Å². The Morgan fingerprint density at radius 1 is 1.35 bits per heavy atom. The fraction of sp³-hybridized carbons (Fsp3) is 0.444. The van der Waals surface area contributed by atoms with E-state index >= 15 is 0 Å². The molecule has 6 nitrogen and oxygen atoms in total. The highest BCUT2D eigenvalue weighted by Gasteiger charge is 2.16. The number of nitrogens with one attached hydrogen (secondary N) is 1. The third-order valence-electron chi connectivity index (χ3n) is 4.04. The molecule has 140 valence electrons. The summed E-state index contributed by atoms with van der Waals surface area (Å²) in [6.07, 6.45) is 0. The van der Waals surface area contributed by atoms with Crippen LogP contribution in [-0.2, 0) is 11.3 Å². The van der Waals surface area contributed by atoms with E-state index in [1.54, 1.807) is 12.1 Å². The number of aryl methyl sites for hydroxylation is 1. The molecule has 1 aromatic heterocycles. The van der Waals surface area contributed by atoms with Crippen LogP contribution in [-0.4, -0.2) is 55.2 Å². The van der Waals surface area contributed by atoms with Crippen molar-refractivity contribution in [3.63, 3.8) is 0 Å². The Morgan fingerprint density at radius 2 is 2.08 bits per heavy atom. The highest BCUT2D eigenvalue weighted by molar-refractivity contribution is 7.13. The summed E-state index contributed by atoms with van der Waals surface area (Å²) in [7, 11) is 0. The third kappa shape index (κ3) is 5.41. The Labute approximate surface area is 162 Å². The zero-order valence-corrected chi connectivity index (χ0v) is 16.2. The molecular formula is C18H22ClN3O3S. The van der Waals surface area contributed by atoms with Gasteiger partial charge < -0.3 is 14.8 Å². The molecule has 0 spiro atoms. The molecule has 2 aromatic rings. The van der Waals surface area contributed by atoms with Gasteiger partial charge >= 0.3 is 0 Å². The number of carbonyl (C=O) groups excluding carboxylic acids is 1. The second kappa shape index (κ2) is 9.32. The SMILES string of the molecule is Cc1nc(COc2ccc(Cl)cc2)sc1C(=O)NCCN1CCOCC1. The summed E-state index contributed by atoms with van der Waals surface area (Å²) in [5, 5.41) is 4.41. The van der Waals surface area contributed by atoms with Crippen LogP contribution in [0.5, 0.6) is 5.75 Å². The Balaban J connectivity index is 1.48. The predicted octanol–water partition coefficient (Wildman–Crippen LogP) is 2.75. The van der Waals surface area contributed by atoms with Gasteiger partial charge in [0.15, 0.2) is 0 Å². The summed E-state index contributed by atoms with van der Waals surface area (Å²) < 4.78 is 11.0. The van der Waals surface area contributed by atoms with E-state index in [9.17, 15) is 4.79 Å². The minimum Gasteiger partial charge on any atom is -0.486 e. The molecule has 1 saturated heterocycles. The number of hydrogen-bond donors (Lipinski definition) is 1. The van der Waals surface area contributed by atoms with Gasteiger partial charge in [0.05, 0.1) is 18.9 Å². The molecule has 1 aromatic carbocycles. The van der Waals surface area contributed by atoms with Gasteiger partial charge in [0, 0.05) is 31.2 Å². The van der Waals surface area contributed by atoms with Crippen molar-refractivity contribution in [1.29, 1.82) is 0 Å². The first-order valence-corrected chi connectivity index (χ1v) is 9.74. The van der Waals surface area contributed by atoms with Crippen LogP contribution in [0.15, 0.2) is 24.3 Å². The number of morpholine rings is 1. The first-order valence-electron chi connectivity index (χ1n) is 8.55. The van der Waals surface area contributed by atoms with Gasteiger partial charge in [0.25, 0.3) is 5.91 Å². The molecule has 0 bridgehead atoms. The van der Waals surface area contributed by atoms with E-state index < -0.39 is 0 Å². The van der Waals surface area contributed by atoms with E-state index in [4.69, 9.17) is 21.1 Å². The molecule has 0 radical (unpaired) electrons. The van der Waals surface area contributed by atoms with Gasteiger partial charge in [-0.3, -0.25) is 9.69 Å². The van der Waals surface area contributed by atoms with Crippen molar-refractivity contribution in [2.75, 3.05) is 39.4 Å². The average molecular weight is 396 g/mol. The zero-order valence-electron chi connectivity index (χ0n) is 14.7. The Bertz CT molecular complexity index is 730. The second-order valence-electron chi connectivity index (χ2n) is 5.97. The maximum Gasteiger partial charge on any atom is 0.263 e. The molecule has 1 aliphatic rings. The van der Waals surface area contributed by atoms with Crippen LogP contribution in [0, 0.1) is 6.92 Å². The summed E-state index contributed by atoms with van der Waals surface area (Å²) >= 11 is 7.23. The molecule has 1 fully saturated rings. The molecule has 0 saturated carbocycles. The van der Waals surface area contributed by atoms with E-state index in [1.807, 2.05) is 19.1 Å². The van der Waals surface area contributed by atoms with Gasteiger partial charge in [0.2, 0.25) is 0 Å². The first-order chi connectivity index (χ1) is 12.6. The van der Waals surface area contributed by atoms with E-state index in [0.717, 1.165) is 49.3 Å². The number of nitrogens with zero attached hydrogens (tertiary/aromatic N) is 2. The molecule has 8 heteroatoms. The van der Waals surface area contributed by atoms with E-state index in [0.29, 0.717) is 23.1 Å². The fourth-order valence-electron chi connectivity index (χ4n) is 2.63. The van der Waals surface area contributed by atoms with Crippen LogP contribution in [0.3, 0.4) is 0 Å². The van der Waals surface area contributed by atoms with E-state index in [2.05, 4.69) is 15.2 Å². The van der Waals surface area contributed by atoms with Crippen molar-refractivity contribution in [3.8, 4) is 5.75 Å². The highest BCUT2D eigenvalue weighted by atomic mass is 35.5. The lowest BCUT2D eigenvalue weighted by molar-refractivity contribution is 0.0383. The Morgan fingerprint density at radius 3 is 2.81 bits per heavy atom. The van der Waals surface area contributed by atoms with Gasteiger partial charge in [-0.2, -0.15) is 0 Å². The zero-order chi connectivity index (χ0) is 18.4. The van der Waals surface area contributed by atoms with Gasteiger partial charge in [0.1, 0.15) is 22.2 Å². The van der Waals surface area contributed by atoms with Gasteiger partial charge in [-0.25, -0.2) is 4.98 Å². The molecule has 2 heterocycles. The molecule has 1 amide bonds. The molecule has 3 rings (SSSR count). The van der Waals surface area contributed by atoms with E-state index in [1.165, 1.54) is 11.3 Å². The molecule has 0 atom stereocenters. The Kier molecular flexibility index (Phi) is 6.85. The number of ether oxygens (including phenoxy) is 2. The van der Waals surface area contributed by atoms with Crippen LogP contribution < -0.4 is 10.1 Å². The smallest absolute Gasteiger partial charge is 0.263 e. The third-order valence-corrected chi connectivity index (χ3v) is 5.42. The predicted molar refractivity (Wildman–Crippen MR) is 102 cm³/mol. The van der Waals surface area contributed by atoms with Crippen molar-refractivity contribution in [1.82, 2.24) is 15.2 Å². The largest absolute Gasteiger partial charge is 0.486 e. The number of rotatable bonds is 7. The number of hydrogen-bond acceptors (Lipinski definition) is 6. The number of aromatic nitrogens is 1. The molecule has 26 heavy (non-hydrogen) atoms. The number of amides is 1. The number of halogens is 1. The second-order valence-corrected chi connectivity index (χ2v) is 7.49. The van der Waals surface area contributed by atoms with Crippen molar-refractivity contribution >= 4 is 28.8 Å². The molecule has 1 aliphatic heterocycles. The van der Waals surface area contributed by atoms with Crippen LogP contribution in [0.2, 0.25) is 5.02 Å². The fourth-order valence-corrected chi connectivity index (χ4v) is 3.65. The number of benzene rings is 1. The van der Waals surface area contributed by atoms with Gasteiger partial charge in [-0.05, 0) is 31.2 Å². The van der Waals surface area contributed by atoms with Crippen LogP contribution in [0.1, 0.15) is 20.4 Å². The van der Waals surface area contributed by atoms with Crippen molar-refractivity contribution in [2.45, 2.75) is 13.5 Å². The van der Waals surface area contributed by atoms with Gasteiger partial charge in [-0.1, -0.05) is 11.6 Å². The van der Waals surface area contributed by atoms with Crippen molar-refractivity contribution < 1.29 is 14.3 Å². The lowest BCUT2D eigenvalue weighted by atomic mass is 10.3. The summed E-state index contributed by atoms with van der Waals surface area (Å²) in [5.41, 5.74) is 0.730. The summed E-state index contributed by atoms with van der Waals surface area (Å²) in [6.45, 7) is 6.99. The molecular weight excluding hydrogens is 374 g/mol. The highest BCUT2D eigenvalue weighted by Crippen LogP contribution is 2.21. The van der Waals surface area contributed by atoms with Crippen LogP contribution >= 0.6 is 22.9 Å². The summed E-state index contributed by atoms with van der Waals surface area (Å²) in [4.78, 5) is 19.8. The van der Waals surface area contributed by atoms with Gasteiger partial charge in [-0.15, -0.1) is 11.3 Å². The molecule has 0 aliphatic carbocycles. The topological polar surface area (TPSA) is 63.7 Å². The normalized spacial score (nSPS) is 15.0. The van der Waals surface area contributed by atoms with Crippen molar-refractivity contribution in [2.24, 2.45) is 0 Å². The minimum absolute atomic E-state index is 0.0778. The standard InChI is InChI=1S/C18H22ClN3O3S/c1-13-17(18(23)20-6-7-22-8-10-24-11-9-22)26-16(21-13)12-25-15-4-2-14(19)3-5-15/h2-5H,6-12H2,1H3,(H,20,23). The quantitative estimate of drug-likeness (QED) is 0.781. The monoisotopic (exact) mass is 395 g/mol. The lowest BCUT2D eigenvalue weighted by Crippen LogP contribution is -2.41. The van der Waals surface area contributed by atoms with Crippen LogP contribution in [0.4, 0.5) is 0 Å². The molecule has 1 N–H and O–H groups in total. The Hall–Kier alpha value is -1.67. The average Bonchev–Trinajstić information content (AvgIpc) is 3.03. The first kappa shape index (κ1) is 19.1. The lowest BCUT2D eigenvalue weighted by Gasteiger charge is -2.26. The number of carbonyl (C=O) groups is 1. The maximum absolute atomic E-state index is 12.4. The number of thiazole rings is 1. The maximum atomic E-state index is 12.4. The summed E-state index contributed by atoms with van der Waals surface area (Å²) in [6, 6.07) is 7.17. The molecule has 0 unspecified atom stereocenters. The minimum atomic E-state index is -0.0778. The summed E-state index contributed by atoms with van der Waals surface area (Å²) in [5.74, 6) is 0.643. The van der Waals surface area contributed by atoms with Crippen LogP contribution in [0.25, 0.3) is 0 Å².